The van der Waals surface area contributed by atoms with Gasteiger partial charge in [-0.05, 0) is 62.3 Å². The van der Waals surface area contributed by atoms with Crippen molar-refractivity contribution in [1.29, 1.82) is 0 Å². The van der Waals surface area contributed by atoms with Crippen LogP contribution in [-0.4, -0.2) is 22.5 Å². The second kappa shape index (κ2) is 7.16. The summed E-state index contributed by atoms with van der Waals surface area (Å²) in [4.78, 5) is 7.04. The molecule has 0 atom stereocenters. The Labute approximate surface area is 132 Å². The van der Waals surface area contributed by atoms with Gasteiger partial charge in [0, 0.05) is 25.2 Å². The normalized spacial score (nSPS) is 12.0. The highest BCUT2D eigenvalue weighted by molar-refractivity contribution is 7.07. The fraction of sp³-hybridized carbons (Fsp3) is 0.471. The Morgan fingerprint density at radius 2 is 1.90 bits per heavy atom. The number of nitrogens with one attached hydrogen (secondary N) is 1. The minimum atomic E-state index is 0.118. The van der Waals surface area contributed by atoms with E-state index in [1.165, 1.54) is 5.56 Å². The van der Waals surface area contributed by atoms with E-state index in [-0.39, 0.29) is 5.54 Å². The Hall–Kier alpha value is -1.23. The number of pyridine rings is 1. The van der Waals surface area contributed by atoms with Crippen molar-refractivity contribution in [2.75, 3.05) is 7.05 Å². The van der Waals surface area contributed by atoms with E-state index in [1.807, 2.05) is 0 Å². The summed E-state index contributed by atoms with van der Waals surface area (Å²) in [5.41, 5.74) is 3.72. The summed E-state index contributed by atoms with van der Waals surface area (Å²) in [6, 6.07) is 8.46. The highest BCUT2D eigenvalue weighted by Crippen LogP contribution is 2.11. The minimum absolute atomic E-state index is 0.118. The molecule has 0 aliphatic rings. The van der Waals surface area contributed by atoms with Crippen LogP contribution in [0.2, 0.25) is 0 Å². The summed E-state index contributed by atoms with van der Waals surface area (Å²) in [5.74, 6) is 0. The third-order valence-corrected chi connectivity index (χ3v) is 3.86. The zero-order valence-electron chi connectivity index (χ0n) is 13.4. The molecule has 21 heavy (non-hydrogen) atoms. The number of aromatic nitrogens is 1. The Bertz CT molecular complexity index is 543. The summed E-state index contributed by atoms with van der Waals surface area (Å²) in [5, 5.41) is 7.81. The largest absolute Gasteiger partial charge is 0.306 e. The van der Waals surface area contributed by atoms with Crippen molar-refractivity contribution in [1.82, 2.24) is 15.2 Å². The molecule has 0 unspecified atom stereocenters. The van der Waals surface area contributed by atoms with Gasteiger partial charge in [-0.3, -0.25) is 9.88 Å². The molecule has 2 heterocycles. The van der Waals surface area contributed by atoms with E-state index in [0.29, 0.717) is 0 Å². The average Bonchev–Trinajstić information content (AvgIpc) is 2.88. The molecular formula is C17H25N3S. The van der Waals surface area contributed by atoms with Crippen LogP contribution in [0.25, 0.3) is 0 Å². The SMILES string of the molecule is CN(Cc1ccsc1)Cc1cccc(CNC(C)(C)C)n1. The van der Waals surface area contributed by atoms with Gasteiger partial charge in [-0.1, -0.05) is 6.07 Å². The molecule has 0 aromatic carbocycles. The topological polar surface area (TPSA) is 28.2 Å². The molecular weight excluding hydrogens is 278 g/mol. The predicted octanol–water partition coefficient (Wildman–Crippen LogP) is 3.66. The molecule has 0 saturated carbocycles. The summed E-state index contributed by atoms with van der Waals surface area (Å²) in [6.07, 6.45) is 0. The van der Waals surface area contributed by atoms with Crippen LogP contribution in [-0.2, 0) is 19.6 Å². The Balaban J connectivity index is 1.91. The summed E-state index contributed by atoms with van der Waals surface area (Å²) < 4.78 is 0. The number of nitrogens with zero attached hydrogens (tertiary/aromatic N) is 2. The molecule has 0 spiro atoms. The third kappa shape index (κ3) is 5.96. The van der Waals surface area contributed by atoms with Crippen LogP contribution in [0, 0.1) is 0 Å². The smallest absolute Gasteiger partial charge is 0.0547 e. The van der Waals surface area contributed by atoms with Crippen LogP contribution < -0.4 is 5.32 Å². The van der Waals surface area contributed by atoms with E-state index < -0.39 is 0 Å². The van der Waals surface area contributed by atoms with Gasteiger partial charge in [-0.2, -0.15) is 11.3 Å². The van der Waals surface area contributed by atoms with Gasteiger partial charge in [0.1, 0.15) is 0 Å². The predicted molar refractivity (Wildman–Crippen MR) is 90.3 cm³/mol. The number of hydrogen-bond acceptors (Lipinski definition) is 4. The monoisotopic (exact) mass is 303 g/mol. The van der Waals surface area contributed by atoms with Crippen molar-refractivity contribution in [2.24, 2.45) is 0 Å². The Morgan fingerprint density at radius 3 is 2.57 bits per heavy atom. The van der Waals surface area contributed by atoms with Crippen LogP contribution >= 0.6 is 11.3 Å². The van der Waals surface area contributed by atoms with Crippen LogP contribution in [0.1, 0.15) is 37.7 Å². The first-order valence-corrected chi connectivity index (χ1v) is 8.26. The molecule has 114 valence electrons. The summed E-state index contributed by atoms with van der Waals surface area (Å²) in [7, 11) is 2.14. The zero-order valence-corrected chi connectivity index (χ0v) is 14.2. The Morgan fingerprint density at radius 1 is 1.14 bits per heavy atom. The molecule has 2 aromatic rings. The van der Waals surface area contributed by atoms with E-state index >= 15 is 0 Å². The lowest BCUT2D eigenvalue weighted by Crippen LogP contribution is -2.35. The van der Waals surface area contributed by atoms with Gasteiger partial charge in [0.05, 0.1) is 11.4 Å². The lowest BCUT2D eigenvalue weighted by molar-refractivity contribution is 0.315. The van der Waals surface area contributed by atoms with E-state index in [2.05, 4.69) is 73.1 Å². The molecule has 0 aliphatic carbocycles. The Kier molecular flexibility index (Phi) is 5.51. The standard InChI is InChI=1S/C17H25N3S/c1-17(2,3)18-10-15-6-5-7-16(19-15)12-20(4)11-14-8-9-21-13-14/h5-9,13,18H,10-12H2,1-4H3. The van der Waals surface area contributed by atoms with E-state index in [4.69, 9.17) is 4.98 Å². The van der Waals surface area contributed by atoms with E-state index in [9.17, 15) is 0 Å². The average molecular weight is 303 g/mol. The lowest BCUT2D eigenvalue weighted by Gasteiger charge is -2.20. The highest BCUT2D eigenvalue weighted by Gasteiger charge is 2.09. The maximum absolute atomic E-state index is 4.74. The maximum atomic E-state index is 4.74. The number of thiophene rings is 1. The molecule has 2 rings (SSSR count). The van der Waals surface area contributed by atoms with Crippen LogP contribution in [0.4, 0.5) is 0 Å². The quantitative estimate of drug-likeness (QED) is 0.882. The zero-order chi connectivity index (χ0) is 15.3. The molecule has 0 aliphatic heterocycles. The first-order valence-electron chi connectivity index (χ1n) is 7.32. The molecule has 1 N–H and O–H groups in total. The van der Waals surface area contributed by atoms with Gasteiger partial charge < -0.3 is 5.32 Å². The van der Waals surface area contributed by atoms with Gasteiger partial charge in [-0.15, -0.1) is 0 Å². The van der Waals surface area contributed by atoms with Crippen LogP contribution in [0.3, 0.4) is 0 Å². The summed E-state index contributed by atoms with van der Waals surface area (Å²) >= 11 is 1.75. The van der Waals surface area contributed by atoms with Gasteiger partial charge in [0.2, 0.25) is 0 Å². The molecule has 2 aromatic heterocycles. The van der Waals surface area contributed by atoms with Crippen molar-refractivity contribution in [3.05, 3.63) is 52.0 Å². The fourth-order valence-electron chi connectivity index (χ4n) is 2.10. The molecule has 0 fully saturated rings. The third-order valence-electron chi connectivity index (χ3n) is 3.13. The van der Waals surface area contributed by atoms with Gasteiger partial charge in [0.25, 0.3) is 0 Å². The van der Waals surface area contributed by atoms with Crippen molar-refractivity contribution >= 4 is 11.3 Å². The number of hydrogen-bond donors (Lipinski definition) is 1. The van der Waals surface area contributed by atoms with Crippen molar-refractivity contribution in [3.8, 4) is 0 Å². The molecule has 0 radical (unpaired) electrons. The molecule has 4 heteroatoms. The number of rotatable bonds is 6. The van der Waals surface area contributed by atoms with Gasteiger partial charge in [0.15, 0.2) is 0 Å². The first-order chi connectivity index (χ1) is 9.92. The van der Waals surface area contributed by atoms with Crippen LogP contribution in [0.15, 0.2) is 35.0 Å². The first kappa shape index (κ1) is 16.1. The van der Waals surface area contributed by atoms with Crippen LogP contribution in [0.5, 0.6) is 0 Å². The van der Waals surface area contributed by atoms with Crippen molar-refractivity contribution < 1.29 is 0 Å². The fourth-order valence-corrected chi connectivity index (χ4v) is 2.76. The molecule has 0 amide bonds. The maximum Gasteiger partial charge on any atom is 0.0547 e. The molecule has 0 bridgehead atoms. The van der Waals surface area contributed by atoms with Crippen molar-refractivity contribution in [3.63, 3.8) is 0 Å². The van der Waals surface area contributed by atoms with E-state index in [0.717, 1.165) is 31.0 Å². The van der Waals surface area contributed by atoms with Crippen molar-refractivity contribution in [2.45, 2.75) is 45.9 Å². The minimum Gasteiger partial charge on any atom is -0.306 e. The lowest BCUT2D eigenvalue weighted by atomic mass is 10.1. The highest BCUT2D eigenvalue weighted by atomic mass is 32.1. The van der Waals surface area contributed by atoms with Gasteiger partial charge in [-0.25, -0.2) is 0 Å². The summed E-state index contributed by atoms with van der Waals surface area (Å²) in [6.45, 7) is 9.17. The molecule has 3 nitrogen and oxygen atoms in total. The molecule has 0 saturated heterocycles. The second-order valence-corrected chi connectivity index (χ2v) is 7.31. The second-order valence-electron chi connectivity index (χ2n) is 6.53. The van der Waals surface area contributed by atoms with E-state index in [1.54, 1.807) is 11.3 Å². The van der Waals surface area contributed by atoms with Gasteiger partial charge >= 0.3 is 0 Å².